The Kier molecular flexibility index (Phi) is 12.5. The van der Waals surface area contributed by atoms with Crippen LogP contribution in [0.1, 0.15) is 36.0 Å². The summed E-state index contributed by atoms with van der Waals surface area (Å²) in [5, 5.41) is 22.5. The minimum atomic E-state index is -0.624. The largest absolute Gasteiger partial charge is 0.364 e. The van der Waals surface area contributed by atoms with Gasteiger partial charge in [-0.3, -0.25) is 9.59 Å². The Labute approximate surface area is 243 Å². The number of nitrogens with zero attached hydrogens (tertiary/aromatic N) is 5. The van der Waals surface area contributed by atoms with E-state index in [4.69, 9.17) is 21.4 Å². The molecular formula is C26H31Cl2N9O3. The third-order valence-corrected chi connectivity index (χ3v) is 5.97. The molecule has 0 fully saturated rings. The first-order valence-electron chi connectivity index (χ1n) is 12.3. The van der Waals surface area contributed by atoms with Gasteiger partial charge in [0, 0.05) is 17.8 Å². The first-order valence-corrected chi connectivity index (χ1v) is 12.3. The molecule has 4 rings (SSSR count). The number of Topliss-reactive ketones (excluding diaryl/α,β-unsaturated/α-hetero) is 1. The molecule has 1 unspecified atom stereocenters. The first kappa shape index (κ1) is 32.2. The van der Waals surface area contributed by atoms with Gasteiger partial charge in [0.1, 0.15) is 0 Å². The summed E-state index contributed by atoms with van der Waals surface area (Å²) in [5.74, 6) is 0.301. The van der Waals surface area contributed by atoms with Crippen LogP contribution in [0.3, 0.4) is 0 Å². The Morgan fingerprint density at radius 1 is 1.07 bits per heavy atom. The van der Waals surface area contributed by atoms with Crippen LogP contribution in [0.5, 0.6) is 0 Å². The molecule has 2 aromatic heterocycles. The summed E-state index contributed by atoms with van der Waals surface area (Å²) < 4.78 is 6.68. The predicted octanol–water partition coefficient (Wildman–Crippen LogP) is 3.53. The van der Waals surface area contributed by atoms with E-state index in [-0.39, 0.29) is 49.5 Å². The molecule has 2 aromatic carbocycles. The molecule has 1 amide bonds. The summed E-state index contributed by atoms with van der Waals surface area (Å²) in [4.78, 5) is 30.3. The highest BCUT2D eigenvalue weighted by molar-refractivity contribution is 5.99. The van der Waals surface area contributed by atoms with Crippen molar-refractivity contribution in [3.8, 4) is 17.6 Å². The highest BCUT2D eigenvalue weighted by atomic mass is 35.5. The second-order valence-electron chi connectivity index (χ2n) is 8.69. The summed E-state index contributed by atoms with van der Waals surface area (Å²) in [6.07, 6.45) is 2.43. The number of nitriles is 1. The average Bonchev–Trinajstić information content (AvgIpc) is 3.53. The van der Waals surface area contributed by atoms with Crippen LogP contribution in [0.25, 0.3) is 22.6 Å². The maximum atomic E-state index is 13.3. The molecule has 40 heavy (non-hydrogen) atoms. The van der Waals surface area contributed by atoms with Gasteiger partial charge in [0.25, 0.3) is 0 Å². The van der Waals surface area contributed by atoms with Gasteiger partial charge in [-0.2, -0.15) is 5.26 Å². The average molecular weight is 588 g/mol. The van der Waals surface area contributed by atoms with Crippen molar-refractivity contribution in [3.63, 3.8) is 0 Å². The molecule has 0 spiro atoms. The van der Waals surface area contributed by atoms with Crippen LogP contribution in [-0.2, 0) is 11.3 Å². The van der Waals surface area contributed by atoms with Crippen molar-refractivity contribution in [2.75, 3.05) is 23.7 Å². The lowest BCUT2D eigenvalue weighted by molar-refractivity contribution is -0.117. The number of fused-ring (bicyclic) bond motifs is 1. The lowest BCUT2D eigenvalue weighted by atomic mass is 10.1. The number of ketones is 1. The number of anilines is 2. The van der Waals surface area contributed by atoms with E-state index in [1.54, 1.807) is 28.8 Å². The minimum absolute atomic E-state index is 0. The molecule has 0 radical (unpaired) electrons. The van der Waals surface area contributed by atoms with Crippen LogP contribution < -0.4 is 22.1 Å². The van der Waals surface area contributed by atoms with E-state index in [1.807, 2.05) is 24.3 Å². The van der Waals surface area contributed by atoms with Crippen molar-refractivity contribution in [3.05, 3.63) is 54.1 Å². The number of para-hydroxylation sites is 2. The van der Waals surface area contributed by atoms with Gasteiger partial charge in [0.05, 0.1) is 36.1 Å². The molecule has 0 bridgehead atoms. The van der Waals surface area contributed by atoms with Gasteiger partial charge in [-0.05, 0) is 66.1 Å². The Morgan fingerprint density at radius 2 is 1.82 bits per heavy atom. The molecule has 0 saturated carbocycles. The molecule has 2 heterocycles. The van der Waals surface area contributed by atoms with Crippen LogP contribution in [0.2, 0.25) is 0 Å². The van der Waals surface area contributed by atoms with Crippen molar-refractivity contribution in [2.24, 2.45) is 11.5 Å². The lowest BCUT2D eigenvalue weighted by Gasteiger charge is -2.12. The zero-order chi connectivity index (χ0) is 26.9. The fourth-order valence-electron chi connectivity index (χ4n) is 3.95. The van der Waals surface area contributed by atoms with E-state index in [0.29, 0.717) is 53.6 Å². The summed E-state index contributed by atoms with van der Waals surface area (Å²) in [6.45, 7) is 0.909. The first-order chi connectivity index (χ1) is 18.5. The highest BCUT2D eigenvalue weighted by Crippen LogP contribution is 2.28. The van der Waals surface area contributed by atoms with Crippen molar-refractivity contribution >= 4 is 59.0 Å². The molecule has 14 heteroatoms. The maximum Gasteiger partial charge on any atom is 0.241 e. The number of nitrogens with two attached hydrogens (primary N) is 2. The molecule has 6 N–H and O–H groups in total. The van der Waals surface area contributed by atoms with Crippen LogP contribution in [-0.4, -0.2) is 50.7 Å². The molecule has 0 aliphatic rings. The SMILES string of the molecule is Cl.Cl.N#CCCNc1nonc1-c1nc2ccccc2n1CC(=O)c1ccc(NC(=O)C(N)CCCCN)cc1. The van der Waals surface area contributed by atoms with E-state index < -0.39 is 6.04 Å². The second kappa shape index (κ2) is 15.5. The van der Waals surface area contributed by atoms with E-state index in [0.717, 1.165) is 18.4 Å². The summed E-state index contributed by atoms with van der Waals surface area (Å²) in [6, 6.07) is 15.5. The molecule has 12 nitrogen and oxygen atoms in total. The number of imidazole rings is 1. The Hall–Kier alpha value is -4.02. The van der Waals surface area contributed by atoms with Crippen LogP contribution in [0.4, 0.5) is 11.5 Å². The molecule has 0 saturated heterocycles. The zero-order valence-corrected chi connectivity index (χ0v) is 23.2. The Balaban J connectivity index is 0.00000280. The Bertz CT molecular complexity index is 1450. The second-order valence-corrected chi connectivity index (χ2v) is 8.69. The summed E-state index contributed by atoms with van der Waals surface area (Å²) in [5.41, 5.74) is 14.2. The van der Waals surface area contributed by atoms with E-state index >= 15 is 0 Å². The number of benzene rings is 2. The van der Waals surface area contributed by atoms with Gasteiger partial charge in [0.15, 0.2) is 17.3 Å². The predicted molar refractivity (Wildman–Crippen MR) is 157 cm³/mol. The monoisotopic (exact) mass is 587 g/mol. The fraction of sp³-hybridized carbons (Fsp3) is 0.308. The van der Waals surface area contributed by atoms with Gasteiger partial charge in [-0.1, -0.05) is 18.6 Å². The quantitative estimate of drug-likeness (QED) is 0.133. The van der Waals surface area contributed by atoms with Crippen molar-refractivity contribution < 1.29 is 14.2 Å². The summed E-state index contributed by atoms with van der Waals surface area (Å²) in [7, 11) is 0. The number of aromatic nitrogens is 4. The number of carbonyl (C=O) groups is 2. The molecule has 0 aliphatic carbocycles. The molecule has 0 aliphatic heterocycles. The zero-order valence-electron chi connectivity index (χ0n) is 21.6. The van der Waals surface area contributed by atoms with Crippen LogP contribution in [0.15, 0.2) is 53.2 Å². The molecule has 212 valence electrons. The van der Waals surface area contributed by atoms with Gasteiger partial charge >= 0.3 is 0 Å². The minimum Gasteiger partial charge on any atom is -0.364 e. The van der Waals surface area contributed by atoms with Gasteiger partial charge in [0.2, 0.25) is 11.7 Å². The van der Waals surface area contributed by atoms with Crippen LogP contribution in [0, 0.1) is 11.3 Å². The number of amides is 1. The van der Waals surface area contributed by atoms with E-state index in [1.165, 1.54) is 0 Å². The number of halogens is 2. The third kappa shape index (κ3) is 7.77. The number of carbonyl (C=O) groups excluding carboxylic acids is 2. The van der Waals surface area contributed by atoms with Crippen LogP contribution >= 0.6 is 24.8 Å². The highest BCUT2D eigenvalue weighted by Gasteiger charge is 2.22. The van der Waals surface area contributed by atoms with E-state index in [9.17, 15) is 9.59 Å². The third-order valence-electron chi connectivity index (χ3n) is 5.97. The normalized spacial score (nSPS) is 11.1. The standard InChI is InChI=1S/C26H29N9O3.2ClH/c27-13-4-3-6-19(29)26(37)31-18-11-9-17(10-12-18)22(36)16-35-21-8-2-1-7-20(21)32-25(35)23-24(34-38-33-23)30-15-5-14-28;;/h1-2,7-12,19H,3-6,13,15-16,27,29H2,(H,30,34)(H,31,37);2*1H. The topological polar surface area (TPSA) is 191 Å². The lowest BCUT2D eigenvalue weighted by Crippen LogP contribution is -2.35. The van der Waals surface area contributed by atoms with Gasteiger partial charge in [-0.15, -0.1) is 24.8 Å². The Morgan fingerprint density at radius 3 is 2.55 bits per heavy atom. The molecule has 4 aromatic rings. The van der Waals surface area contributed by atoms with Crippen molar-refractivity contribution in [2.45, 2.75) is 38.3 Å². The smallest absolute Gasteiger partial charge is 0.241 e. The molecular weight excluding hydrogens is 557 g/mol. The van der Waals surface area contributed by atoms with Crippen molar-refractivity contribution in [1.82, 2.24) is 19.9 Å². The van der Waals surface area contributed by atoms with Gasteiger partial charge in [-0.25, -0.2) is 9.61 Å². The number of hydrogen-bond acceptors (Lipinski definition) is 10. The maximum absolute atomic E-state index is 13.3. The van der Waals surface area contributed by atoms with Crippen molar-refractivity contribution in [1.29, 1.82) is 5.26 Å². The molecule has 1 atom stereocenters. The van der Waals surface area contributed by atoms with Gasteiger partial charge < -0.3 is 26.7 Å². The van der Waals surface area contributed by atoms with E-state index in [2.05, 4.69) is 32.0 Å². The summed E-state index contributed by atoms with van der Waals surface area (Å²) >= 11 is 0. The number of nitrogens with one attached hydrogen (secondary N) is 2. The number of hydrogen-bond donors (Lipinski definition) is 4. The number of rotatable bonds is 13. The number of unbranched alkanes of at least 4 members (excludes halogenated alkanes) is 1. The fourth-order valence-corrected chi connectivity index (χ4v) is 3.95.